The summed E-state index contributed by atoms with van der Waals surface area (Å²) in [4.78, 5) is 16.9. The molecule has 0 fully saturated rings. The Morgan fingerprint density at radius 1 is 1.13 bits per heavy atom. The molecule has 0 amide bonds. The van der Waals surface area contributed by atoms with Gasteiger partial charge in [-0.05, 0) is 62.6 Å². The van der Waals surface area contributed by atoms with Crippen molar-refractivity contribution in [1.82, 2.24) is 24.7 Å². The van der Waals surface area contributed by atoms with E-state index in [4.69, 9.17) is 26.3 Å². The smallest absolute Gasteiger partial charge is 0.163 e. The molecule has 8 nitrogen and oxygen atoms in total. The monoisotopic (exact) mass is 532 g/mol. The molecule has 1 aromatic carbocycles. The predicted octanol–water partition coefficient (Wildman–Crippen LogP) is 5.75. The molecular weight excluding hydrogens is 500 g/mol. The minimum atomic E-state index is -0.518. The highest BCUT2D eigenvalue weighted by atomic mass is 35.5. The molecule has 1 aliphatic heterocycles. The molecule has 0 bridgehead atoms. The number of pyridine rings is 1. The highest BCUT2D eigenvalue weighted by Crippen LogP contribution is 2.38. The van der Waals surface area contributed by atoms with Crippen LogP contribution >= 0.6 is 11.6 Å². The summed E-state index contributed by atoms with van der Waals surface area (Å²) in [6, 6.07) is 9.53. The van der Waals surface area contributed by atoms with Gasteiger partial charge in [-0.1, -0.05) is 31.0 Å². The Hall–Kier alpha value is -3.49. The summed E-state index contributed by atoms with van der Waals surface area (Å²) in [6.45, 7) is 10.6. The van der Waals surface area contributed by atoms with E-state index in [0.717, 1.165) is 53.5 Å². The second-order valence-electron chi connectivity index (χ2n) is 9.70. The van der Waals surface area contributed by atoms with Gasteiger partial charge in [-0.15, -0.1) is 0 Å². The molecule has 1 atom stereocenters. The highest BCUT2D eigenvalue weighted by molar-refractivity contribution is 6.33. The lowest BCUT2D eigenvalue weighted by molar-refractivity contribution is 0.0994. The van der Waals surface area contributed by atoms with Crippen LogP contribution in [0.25, 0.3) is 22.8 Å². The number of rotatable bonds is 9. The first kappa shape index (κ1) is 26.1. The van der Waals surface area contributed by atoms with Crippen LogP contribution in [0.3, 0.4) is 0 Å². The number of anilines is 1. The first-order valence-corrected chi connectivity index (χ1v) is 13.5. The summed E-state index contributed by atoms with van der Waals surface area (Å²) in [5.74, 6) is 1.96. The number of aryl methyl sites for hydroxylation is 2. The van der Waals surface area contributed by atoms with E-state index in [-0.39, 0.29) is 6.61 Å². The lowest BCUT2D eigenvalue weighted by Gasteiger charge is -2.22. The lowest BCUT2D eigenvalue weighted by atomic mass is 10.1. The van der Waals surface area contributed by atoms with Crippen molar-refractivity contribution < 1.29 is 9.84 Å². The highest BCUT2D eigenvalue weighted by Gasteiger charge is 2.27. The van der Waals surface area contributed by atoms with Gasteiger partial charge in [0.15, 0.2) is 5.82 Å². The second-order valence-corrected chi connectivity index (χ2v) is 10.1. The van der Waals surface area contributed by atoms with Crippen molar-refractivity contribution in [3.05, 3.63) is 70.1 Å². The molecule has 1 aliphatic rings. The molecule has 38 heavy (non-hydrogen) atoms. The summed E-state index contributed by atoms with van der Waals surface area (Å²) >= 11 is 6.71. The van der Waals surface area contributed by atoms with Crippen molar-refractivity contribution in [1.29, 1.82) is 0 Å². The van der Waals surface area contributed by atoms with Crippen LogP contribution < -0.4 is 9.64 Å². The molecule has 0 saturated carbocycles. The van der Waals surface area contributed by atoms with Crippen molar-refractivity contribution in [2.24, 2.45) is 0 Å². The Bertz CT molecular complexity index is 1430. The Morgan fingerprint density at radius 3 is 2.74 bits per heavy atom. The van der Waals surface area contributed by atoms with Crippen molar-refractivity contribution in [3.63, 3.8) is 0 Å². The maximum absolute atomic E-state index is 10.1. The van der Waals surface area contributed by atoms with Crippen LogP contribution in [0.5, 0.6) is 5.75 Å². The van der Waals surface area contributed by atoms with Gasteiger partial charge in [-0.3, -0.25) is 9.67 Å². The van der Waals surface area contributed by atoms with Gasteiger partial charge in [0.25, 0.3) is 0 Å². The van der Waals surface area contributed by atoms with Gasteiger partial charge >= 0.3 is 0 Å². The summed E-state index contributed by atoms with van der Waals surface area (Å²) in [6.07, 6.45) is 4.76. The minimum Gasteiger partial charge on any atom is -0.491 e. The molecule has 9 heteroatoms. The van der Waals surface area contributed by atoms with E-state index in [1.165, 1.54) is 5.56 Å². The number of benzene rings is 1. The fourth-order valence-electron chi connectivity index (χ4n) is 4.92. The van der Waals surface area contributed by atoms with Gasteiger partial charge in [0.2, 0.25) is 0 Å². The summed E-state index contributed by atoms with van der Waals surface area (Å²) in [5, 5.41) is 15.2. The maximum atomic E-state index is 10.1. The number of fused-ring (bicyclic) bond motifs is 1. The molecule has 0 unspecified atom stereocenters. The maximum Gasteiger partial charge on any atom is 0.163 e. The summed E-state index contributed by atoms with van der Waals surface area (Å²) in [7, 11) is 0. The molecule has 0 spiro atoms. The Kier molecular flexibility index (Phi) is 7.63. The van der Waals surface area contributed by atoms with Crippen LogP contribution in [0.4, 0.5) is 5.82 Å². The Labute approximate surface area is 228 Å². The summed E-state index contributed by atoms with van der Waals surface area (Å²) < 4.78 is 7.86. The van der Waals surface area contributed by atoms with E-state index in [1.807, 2.05) is 43.1 Å². The van der Waals surface area contributed by atoms with Crippen molar-refractivity contribution in [2.75, 3.05) is 11.5 Å². The average molecular weight is 533 g/mol. The third-order valence-electron chi connectivity index (χ3n) is 6.90. The molecule has 0 aliphatic carbocycles. The number of ether oxygens (including phenoxy) is 1. The van der Waals surface area contributed by atoms with E-state index < -0.39 is 6.10 Å². The Balaban J connectivity index is 1.61. The van der Waals surface area contributed by atoms with Crippen LogP contribution in [0, 0.1) is 13.8 Å². The quantitative estimate of drug-likeness (QED) is 0.293. The largest absolute Gasteiger partial charge is 0.491 e. The molecule has 3 aromatic heterocycles. The van der Waals surface area contributed by atoms with Crippen LogP contribution in [0.15, 0.2) is 42.7 Å². The molecule has 4 aromatic rings. The summed E-state index contributed by atoms with van der Waals surface area (Å²) in [5.41, 5.74) is 6.75. The lowest BCUT2D eigenvalue weighted by Crippen LogP contribution is -2.19. The second kappa shape index (κ2) is 11.1. The van der Waals surface area contributed by atoms with E-state index in [0.29, 0.717) is 35.1 Å². The zero-order valence-electron chi connectivity index (χ0n) is 22.3. The standard InChI is InChI=1S/C29H33ClN6O2/c1-5-8-21(37)17-38-22-10-11-24(30)23(13-22)28-33-26(27-18(3)14-32-36(27)6-2)19(4)29(34-28)35-15-20-9-7-12-31-25(20)16-35/h7,9-14,21,37H,5-6,8,15-17H2,1-4H3/t21-/m1/s1. The third-order valence-corrected chi connectivity index (χ3v) is 7.22. The van der Waals surface area contributed by atoms with E-state index in [2.05, 4.69) is 34.9 Å². The normalized spacial score (nSPS) is 13.6. The number of aliphatic hydroxyl groups excluding tert-OH is 1. The van der Waals surface area contributed by atoms with Gasteiger partial charge in [0.1, 0.15) is 18.2 Å². The van der Waals surface area contributed by atoms with Crippen molar-refractivity contribution >= 4 is 17.4 Å². The Morgan fingerprint density at radius 2 is 1.97 bits per heavy atom. The number of nitrogens with zero attached hydrogens (tertiary/aromatic N) is 6. The molecule has 198 valence electrons. The molecular formula is C29H33ClN6O2. The number of halogens is 1. The van der Waals surface area contributed by atoms with Crippen LogP contribution in [-0.4, -0.2) is 42.5 Å². The van der Waals surface area contributed by atoms with Gasteiger partial charge in [-0.25, -0.2) is 9.97 Å². The molecule has 4 heterocycles. The number of hydrogen-bond acceptors (Lipinski definition) is 7. The fraction of sp³-hybridized carbons (Fsp3) is 0.379. The first-order valence-electron chi connectivity index (χ1n) is 13.1. The van der Waals surface area contributed by atoms with Gasteiger partial charge in [-0.2, -0.15) is 5.10 Å². The average Bonchev–Trinajstić information content (AvgIpc) is 3.51. The number of hydrogen-bond donors (Lipinski definition) is 1. The van der Waals surface area contributed by atoms with E-state index in [1.54, 1.807) is 12.1 Å². The fourth-order valence-corrected chi connectivity index (χ4v) is 5.12. The first-order chi connectivity index (χ1) is 18.4. The van der Waals surface area contributed by atoms with Gasteiger partial charge in [0, 0.05) is 30.4 Å². The van der Waals surface area contributed by atoms with Gasteiger partial charge in [0.05, 0.1) is 40.9 Å². The molecule has 1 N–H and O–H groups in total. The van der Waals surface area contributed by atoms with Gasteiger partial charge < -0.3 is 14.7 Å². The van der Waals surface area contributed by atoms with Crippen LogP contribution in [0.1, 0.15) is 49.1 Å². The third kappa shape index (κ3) is 5.11. The zero-order chi connectivity index (χ0) is 26.8. The zero-order valence-corrected chi connectivity index (χ0v) is 23.0. The van der Waals surface area contributed by atoms with Crippen molar-refractivity contribution in [2.45, 2.75) is 66.3 Å². The molecule has 0 saturated heterocycles. The molecule has 0 radical (unpaired) electrons. The minimum absolute atomic E-state index is 0.216. The topological polar surface area (TPSA) is 89.2 Å². The van der Waals surface area contributed by atoms with Crippen molar-refractivity contribution in [3.8, 4) is 28.5 Å². The SMILES string of the molecule is CCC[C@@H](O)COc1ccc(Cl)c(-c2nc(-c3c(C)cnn3CC)c(C)c(N3Cc4cccnc4C3)n2)c1. The predicted molar refractivity (Wildman–Crippen MR) is 149 cm³/mol. The number of aromatic nitrogens is 5. The van der Waals surface area contributed by atoms with E-state index >= 15 is 0 Å². The number of aliphatic hydroxyl groups is 1. The molecule has 5 rings (SSSR count). The van der Waals surface area contributed by atoms with Crippen LogP contribution in [-0.2, 0) is 19.6 Å². The van der Waals surface area contributed by atoms with E-state index in [9.17, 15) is 5.11 Å². The van der Waals surface area contributed by atoms with Crippen LogP contribution in [0.2, 0.25) is 5.02 Å².